The number of carbonyl (C=O) groups is 1. The average Bonchev–Trinajstić information content (AvgIpc) is 2.21. The Labute approximate surface area is 119 Å². The number of halogens is 3. The van der Waals surface area contributed by atoms with Crippen LogP contribution in [0.2, 0.25) is 16.6 Å². The lowest BCUT2D eigenvalue weighted by atomic mass is 10.5. The van der Waals surface area contributed by atoms with Crippen molar-refractivity contribution in [3.63, 3.8) is 0 Å². The van der Waals surface area contributed by atoms with Crippen molar-refractivity contribution in [2.45, 2.75) is 63.4 Å². The lowest BCUT2D eigenvalue weighted by molar-refractivity contribution is -0.152. The predicted molar refractivity (Wildman–Crippen MR) is 72.1 cm³/mol. The lowest BCUT2D eigenvalue weighted by Gasteiger charge is -2.41. The third kappa shape index (κ3) is 3.36. The summed E-state index contributed by atoms with van der Waals surface area (Å²) in [7, 11) is -9.38. The second-order valence-electron chi connectivity index (χ2n) is 5.66. The van der Waals surface area contributed by atoms with E-state index in [4.69, 9.17) is 4.43 Å². The van der Waals surface area contributed by atoms with Gasteiger partial charge in [0.2, 0.25) is 0 Å². The maximum atomic E-state index is 13.2. The van der Waals surface area contributed by atoms with Crippen molar-refractivity contribution < 1.29 is 30.3 Å². The van der Waals surface area contributed by atoms with Gasteiger partial charge in [0.15, 0.2) is 0 Å². The van der Waals surface area contributed by atoms with Crippen LogP contribution in [0.4, 0.5) is 12.7 Å². The molecule has 0 rings (SSSR count). The quantitative estimate of drug-likeness (QED) is 0.550. The molecule has 0 saturated heterocycles. The molecule has 0 N–H and O–H groups in total. The molecule has 0 aliphatic carbocycles. The minimum absolute atomic E-state index is 0.218. The smallest absolute Gasteiger partial charge is 0.469 e. The summed E-state index contributed by atoms with van der Waals surface area (Å²) in [6, 6.07) is 0. The fourth-order valence-corrected chi connectivity index (χ4v) is 8.14. The first kappa shape index (κ1) is 19.4. The van der Waals surface area contributed by atoms with E-state index in [0.29, 0.717) is 0 Å². The van der Waals surface area contributed by atoms with Crippen LogP contribution in [-0.4, -0.2) is 28.0 Å². The molecule has 0 atom stereocenters. The molecule has 20 heavy (non-hydrogen) atoms. The van der Waals surface area contributed by atoms with Crippen LogP contribution < -0.4 is 0 Å². The van der Waals surface area contributed by atoms with Gasteiger partial charge >= 0.3 is 21.4 Å². The molecule has 0 aromatic heterocycles. The van der Waals surface area contributed by atoms with E-state index in [-0.39, 0.29) is 16.6 Å². The SMILES string of the molecule is CC(C)[Si](OC(=O)C(F)(F)S(=O)(=O)F)(C(C)C)C(C)C. The van der Waals surface area contributed by atoms with Crippen LogP contribution in [0.15, 0.2) is 0 Å². The number of hydrogen-bond acceptors (Lipinski definition) is 4. The van der Waals surface area contributed by atoms with E-state index in [0.717, 1.165) is 0 Å². The Morgan fingerprint density at radius 2 is 1.30 bits per heavy atom. The lowest BCUT2D eigenvalue weighted by Crippen LogP contribution is -2.53. The molecule has 0 aliphatic heterocycles. The Bertz CT molecular complexity index is 439. The van der Waals surface area contributed by atoms with Crippen LogP contribution in [-0.2, 0) is 19.4 Å². The highest BCUT2D eigenvalue weighted by molar-refractivity contribution is 7.88. The monoisotopic (exact) mass is 334 g/mol. The molecule has 0 spiro atoms. The summed E-state index contributed by atoms with van der Waals surface area (Å²) in [5, 5.41) is -5.16. The molecular formula is C11H21F3O4SSi. The summed E-state index contributed by atoms with van der Waals surface area (Å²) >= 11 is 0. The standard InChI is InChI=1S/C11H21F3O4SSi/c1-7(2)20(8(3)4,9(5)6)18-10(15)11(12,13)19(14,16)17/h7-9H,1-6H3. The van der Waals surface area contributed by atoms with E-state index in [1.54, 1.807) is 41.5 Å². The summed E-state index contributed by atoms with van der Waals surface area (Å²) in [6.07, 6.45) is 0. The molecule has 0 fully saturated rings. The van der Waals surface area contributed by atoms with Crippen LogP contribution in [0.25, 0.3) is 0 Å². The van der Waals surface area contributed by atoms with E-state index in [2.05, 4.69) is 0 Å². The van der Waals surface area contributed by atoms with Crippen molar-refractivity contribution >= 4 is 24.5 Å². The Morgan fingerprint density at radius 1 is 1.00 bits per heavy atom. The van der Waals surface area contributed by atoms with Crippen molar-refractivity contribution in [2.75, 3.05) is 0 Å². The van der Waals surface area contributed by atoms with E-state index < -0.39 is 29.8 Å². The first-order valence-corrected chi connectivity index (χ1v) is 9.79. The first-order chi connectivity index (χ1) is 8.71. The van der Waals surface area contributed by atoms with Crippen molar-refractivity contribution in [3.8, 4) is 0 Å². The summed E-state index contributed by atoms with van der Waals surface area (Å²) in [5.74, 6) is -2.32. The molecule has 0 amide bonds. The van der Waals surface area contributed by atoms with E-state index in [9.17, 15) is 25.9 Å². The van der Waals surface area contributed by atoms with Crippen molar-refractivity contribution in [1.29, 1.82) is 0 Å². The highest BCUT2D eigenvalue weighted by Gasteiger charge is 2.59. The van der Waals surface area contributed by atoms with Crippen molar-refractivity contribution in [1.82, 2.24) is 0 Å². The molecule has 9 heteroatoms. The zero-order valence-electron chi connectivity index (χ0n) is 12.4. The molecule has 0 bridgehead atoms. The predicted octanol–water partition coefficient (Wildman–Crippen LogP) is 3.60. The Morgan fingerprint density at radius 3 is 1.50 bits per heavy atom. The van der Waals surface area contributed by atoms with Gasteiger partial charge in [-0.25, -0.2) is 4.79 Å². The number of alkyl halides is 2. The van der Waals surface area contributed by atoms with Crippen molar-refractivity contribution in [2.24, 2.45) is 0 Å². The third-order valence-electron chi connectivity index (χ3n) is 3.52. The largest absolute Gasteiger partial charge is 0.513 e. The molecule has 120 valence electrons. The Hall–Kier alpha value is -0.573. The highest BCUT2D eigenvalue weighted by Crippen LogP contribution is 2.43. The van der Waals surface area contributed by atoms with Gasteiger partial charge in [-0.15, -0.1) is 0 Å². The van der Waals surface area contributed by atoms with Crippen molar-refractivity contribution in [3.05, 3.63) is 0 Å². The van der Waals surface area contributed by atoms with Crippen LogP contribution in [0, 0.1) is 0 Å². The van der Waals surface area contributed by atoms with Crippen LogP contribution in [0.3, 0.4) is 0 Å². The van der Waals surface area contributed by atoms with Crippen LogP contribution in [0.5, 0.6) is 0 Å². The second-order valence-corrected chi connectivity index (χ2v) is 12.4. The van der Waals surface area contributed by atoms with Gasteiger partial charge in [0, 0.05) is 0 Å². The zero-order valence-corrected chi connectivity index (χ0v) is 14.2. The maximum Gasteiger partial charge on any atom is 0.469 e. The Kier molecular flexibility index (Phi) is 5.87. The van der Waals surface area contributed by atoms with Gasteiger partial charge in [0.1, 0.15) is 0 Å². The molecular weight excluding hydrogens is 313 g/mol. The molecule has 0 saturated carbocycles. The summed E-state index contributed by atoms with van der Waals surface area (Å²) in [6.45, 7) is 10.3. The molecule has 0 aromatic rings. The molecule has 4 nitrogen and oxygen atoms in total. The minimum atomic E-state index is -6.34. The Balaban J connectivity index is 5.69. The summed E-state index contributed by atoms with van der Waals surface area (Å²) in [5.41, 5.74) is -0.654. The highest BCUT2D eigenvalue weighted by atomic mass is 32.3. The maximum absolute atomic E-state index is 13.2. The molecule has 0 radical (unpaired) electrons. The molecule has 0 aromatic carbocycles. The second kappa shape index (κ2) is 6.04. The minimum Gasteiger partial charge on any atom is -0.513 e. The number of carbonyl (C=O) groups excluding carboxylic acids is 1. The molecule has 0 heterocycles. The fraction of sp³-hybridized carbons (Fsp3) is 0.909. The normalized spacial score (nSPS) is 14.2. The zero-order chi connectivity index (χ0) is 16.5. The number of rotatable bonds is 6. The first-order valence-electron chi connectivity index (χ1n) is 6.26. The van der Waals surface area contributed by atoms with Gasteiger partial charge < -0.3 is 4.43 Å². The summed E-state index contributed by atoms with van der Waals surface area (Å²) in [4.78, 5) is 11.5. The van der Waals surface area contributed by atoms with Gasteiger partial charge in [-0.2, -0.15) is 17.2 Å². The topological polar surface area (TPSA) is 60.4 Å². The summed E-state index contributed by atoms with van der Waals surface area (Å²) < 4.78 is 64.7. The van der Waals surface area contributed by atoms with Gasteiger partial charge in [0.05, 0.1) is 0 Å². The van der Waals surface area contributed by atoms with E-state index in [1.807, 2.05) is 0 Å². The van der Waals surface area contributed by atoms with E-state index >= 15 is 0 Å². The van der Waals surface area contributed by atoms with Crippen LogP contribution >= 0.6 is 0 Å². The molecule has 0 aliphatic rings. The van der Waals surface area contributed by atoms with Crippen LogP contribution in [0.1, 0.15) is 41.5 Å². The van der Waals surface area contributed by atoms with Gasteiger partial charge in [-0.3, -0.25) is 0 Å². The van der Waals surface area contributed by atoms with Gasteiger partial charge in [-0.1, -0.05) is 45.4 Å². The third-order valence-corrected chi connectivity index (χ3v) is 10.3. The average molecular weight is 334 g/mol. The number of hydrogen-bond donors (Lipinski definition) is 0. The van der Waals surface area contributed by atoms with Gasteiger partial charge in [0.25, 0.3) is 8.32 Å². The van der Waals surface area contributed by atoms with Gasteiger partial charge in [-0.05, 0) is 16.6 Å². The fourth-order valence-electron chi connectivity index (χ4n) is 2.67. The molecule has 0 unspecified atom stereocenters. The van der Waals surface area contributed by atoms with E-state index in [1.165, 1.54) is 0 Å².